The maximum absolute atomic E-state index is 12.3. The Labute approximate surface area is 190 Å². The zero-order valence-corrected chi connectivity index (χ0v) is 19.6. The van der Waals surface area contributed by atoms with E-state index < -0.39 is 5.97 Å². The van der Waals surface area contributed by atoms with Gasteiger partial charge in [0.1, 0.15) is 0 Å². The molecular weight excluding hydrogens is 560 g/mol. The lowest BCUT2D eigenvalue weighted by Crippen LogP contribution is -2.06. The Kier molecular flexibility index (Phi) is 7.00. The lowest BCUT2D eigenvalue weighted by Gasteiger charge is -2.13. The average molecular weight is 577 g/mol. The van der Waals surface area contributed by atoms with Crippen LogP contribution in [0.25, 0.3) is 6.08 Å². The zero-order chi connectivity index (χ0) is 20.3. The third kappa shape index (κ3) is 4.69. The monoisotopic (exact) mass is 575 g/mol. The van der Waals surface area contributed by atoms with Crippen molar-refractivity contribution in [3.8, 4) is 11.5 Å². The van der Waals surface area contributed by atoms with Gasteiger partial charge in [-0.25, -0.2) is 9.79 Å². The highest BCUT2D eigenvalue weighted by molar-refractivity contribution is 14.1. The minimum absolute atomic E-state index is 0.184. The Morgan fingerprint density at radius 1 is 1.21 bits per heavy atom. The molecule has 0 amide bonds. The molecule has 0 saturated heterocycles. The molecule has 1 heterocycles. The molecule has 0 unspecified atom stereocenters. The number of carbonyl (C=O) groups excluding carboxylic acids is 1. The molecule has 0 bridgehead atoms. The van der Waals surface area contributed by atoms with Crippen LogP contribution in [-0.4, -0.2) is 25.1 Å². The van der Waals surface area contributed by atoms with Crippen LogP contribution < -0.4 is 9.47 Å². The van der Waals surface area contributed by atoms with E-state index in [1.54, 1.807) is 18.2 Å². The number of ether oxygens (including phenoxy) is 3. The van der Waals surface area contributed by atoms with E-state index in [2.05, 4.69) is 43.5 Å². The molecule has 3 rings (SSSR count). The van der Waals surface area contributed by atoms with E-state index in [1.165, 1.54) is 0 Å². The van der Waals surface area contributed by atoms with Gasteiger partial charge in [-0.1, -0.05) is 11.6 Å². The second-order valence-corrected chi connectivity index (χ2v) is 8.16. The van der Waals surface area contributed by atoms with Crippen molar-refractivity contribution < 1.29 is 19.0 Å². The second kappa shape index (κ2) is 9.28. The summed E-state index contributed by atoms with van der Waals surface area (Å²) in [6.07, 6.45) is 1.64. The molecule has 0 saturated carbocycles. The maximum atomic E-state index is 12.3. The van der Waals surface area contributed by atoms with Gasteiger partial charge in [-0.3, -0.25) is 0 Å². The van der Waals surface area contributed by atoms with Crippen molar-refractivity contribution in [2.75, 3.05) is 13.2 Å². The summed E-state index contributed by atoms with van der Waals surface area (Å²) < 4.78 is 18.3. The molecule has 0 aromatic heterocycles. The predicted molar refractivity (Wildman–Crippen MR) is 121 cm³/mol. The topological polar surface area (TPSA) is 57.1 Å². The third-order valence-corrected chi connectivity index (χ3v) is 5.29. The average Bonchev–Trinajstić information content (AvgIpc) is 3.00. The van der Waals surface area contributed by atoms with E-state index in [-0.39, 0.29) is 11.6 Å². The molecule has 1 aliphatic heterocycles. The van der Waals surface area contributed by atoms with Crippen LogP contribution in [0.5, 0.6) is 11.5 Å². The van der Waals surface area contributed by atoms with E-state index in [0.717, 1.165) is 13.6 Å². The first kappa shape index (κ1) is 21.1. The number of hydrogen-bond donors (Lipinski definition) is 0. The Balaban J connectivity index is 2.00. The smallest absolute Gasteiger partial charge is 0.363 e. The zero-order valence-electron chi connectivity index (χ0n) is 15.1. The molecule has 0 spiro atoms. The normalized spacial score (nSPS) is 14.8. The summed E-state index contributed by atoms with van der Waals surface area (Å²) in [5.74, 6) is 0.861. The lowest BCUT2D eigenvalue weighted by molar-refractivity contribution is -0.129. The van der Waals surface area contributed by atoms with Crippen LogP contribution in [0.2, 0.25) is 5.02 Å². The SMILES string of the molecule is CCOc1cc(/C=C2/N=C(c3cc(I)ccc3Cl)OC2=O)cc(Br)c1OCC. The summed E-state index contributed by atoms with van der Waals surface area (Å²) in [6.45, 7) is 4.79. The van der Waals surface area contributed by atoms with Crippen LogP contribution in [0.1, 0.15) is 25.0 Å². The van der Waals surface area contributed by atoms with Gasteiger partial charge in [0.25, 0.3) is 0 Å². The molecule has 0 aliphatic carbocycles. The van der Waals surface area contributed by atoms with Crippen molar-refractivity contribution in [2.24, 2.45) is 4.99 Å². The van der Waals surface area contributed by atoms with Gasteiger partial charge in [-0.2, -0.15) is 0 Å². The van der Waals surface area contributed by atoms with Gasteiger partial charge in [-0.15, -0.1) is 0 Å². The first-order valence-electron chi connectivity index (χ1n) is 8.50. The minimum atomic E-state index is -0.534. The van der Waals surface area contributed by atoms with Gasteiger partial charge in [0.15, 0.2) is 17.2 Å². The van der Waals surface area contributed by atoms with Gasteiger partial charge < -0.3 is 14.2 Å². The van der Waals surface area contributed by atoms with Gasteiger partial charge in [0.2, 0.25) is 5.90 Å². The van der Waals surface area contributed by atoms with Crippen LogP contribution >= 0.6 is 50.1 Å². The van der Waals surface area contributed by atoms with Crippen molar-refractivity contribution in [3.05, 3.63) is 60.2 Å². The third-order valence-electron chi connectivity index (χ3n) is 3.70. The van der Waals surface area contributed by atoms with Gasteiger partial charge in [-0.05, 0) is 94.3 Å². The number of cyclic esters (lactones) is 1. The van der Waals surface area contributed by atoms with Gasteiger partial charge >= 0.3 is 5.97 Å². The highest BCUT2D eigenvalue weighted by Gasteiger charge is 2.26. The Morgan fingerprint density at radius 3 is 2.68 bits per heavy atom. The summed E-state index contributed by atoms with van der Waals surface area (Å²) in [5.41, 5.74) is 1.49. The van der Waals surface area contributed by atoms with E-state index in [0.29, 0.717) is 35.3 Å². The molecule has 0 radical (unpaired) electrons. The standard InChI is InChI=1S/C20H16BrClINO4/c1-3-26-17-9-11(7-14(21)18(17)27-4-2)8-16-20(25)28-19(24-16)13-10-12(23)5-6-15(13)22/h5-10H,3-4H2,1-2H3/b16-8+. The van der Waals surface area contributed by atoms with Gasteiger partial charge in [0.05, 0.1) is 28.3 Å². The number of halogens is 3. The second-order valence-electron chi connectivity index (χ2n) is 5.66. The number of aliphatic imine (C=N–C) groups is 1. The maximum Gasteiger partial charge on any atom is 0.363 e. The quantitative estimate of drug-likeness (QED) is 0.246. The minimum Gasteiger partial charge on any atom is -0.490 e. The molecule has 5 nitrogen and oxygen atoms in total. The summed E-state index contributed by atoms with van der Waals surface area (Å²) in [5, 5.41) is 0.468. The molecular formula is C20H16BrClINO4. The predicted octanol–water partition coefficient (Wildman–Crippen LogP) is 5.85. The molecule has 0 fully saturated rings. The molecule has 28 heavy (non-hydrogen) atoms. The molecule has 146 valence electrons. The van der Waals surface area contributed by atoms with E-state index in [1.807, 2.05) is 32.0 Å². The van der Waals surface area contributed by atoms with E-state index >= 15 is 0 Å². The van der Waals surface area contributed by atoms with Crippen molar-refractivity contribution in [3.63, 3.8) is 0 Å². The van der Waals surface area contributed by atoms with Crippen molar-refractivity contribution in [2.45, 2.75) is 13.8 Å². The van der Waals surface area contributed by atoms with Crippen LogP contribution in [0.15, 0.2) is 45.5 Å². The van der Waals surface area contributed by atoms with Crippen LogP contribution in [-0.2, 0) is 9.53 Å². The van der Waals surface area contributed by atoms with Crippen LogP contribution in [0, 0.1) is 3.57 Å². The summed E-state index contributed by atoms with van der Waals surface area (Å²) in [7, 11) is 0. The van der Waals surface area contributed by atoms with Crippen LogP contribution in [0.3, 0.4) is 0 Å². The molecule has 2 aromatic rings. The van der Waals surface area contributed by atoms with Crippen molar-refractivity contribution in [1.82, 2.24) is 0 Å². The van der Waals surface area contributed by atoms with Crippen molar-refractivity contribution in [1.29, 1.82) is 0 Å². The van der Waals surface area contributed by atoms with E-state index in [9.17, 15) is 4.79 Å². The Hall–Kier alpha value is -1.58. The van der Waals surface area contributed by atoms with Gasteiger partial charge in [0, 0.05) is 3.57 Å². The lowest BCUT2D eigenvalue weighted by atomic mass is 10.1. The molecule has 1 aliphatic rings. The largest absolute Gasteiger partial charge is 0.490 e. The molecule has 0 N–H and O–H groups in total. The summed E-state index contributed by atoms with van der Waals surface area (Å²) >= 11 is 11.9. The number of hydrogen-bond acceptors (Lipinski definition) is 5. The number of esters is 1. The number of rotatable bonds is 6. The molecule has 8 heteroatoms. The van der Waals surface area contributed by atoms with Crippen LogP contribution in [0.4, 0.5) is 0 Å². The molecule has 0 atom stereocenters. The van der Waals surface area contributed by atoms with Crippen molar-refractivity contribution >= 4 is 68.1 Å². The first-order valence-corrected chi connectivity index (χ1v) is 10.7. The highest BCUT2D eigenvalue weighted by Crippen LogP contribution is 2.38. The van der Waals surface area contributed by atoms with E-state index in [4.69, 9.17) is 25.8 Å². The Bertz CT molecular complexity index is 990. The first-order chi connectivity index (χ1) is 13.4. The fraction of sp³-hybridized carbons (Fsp3) is 0.200. The number of carbonyl (C=O) groups is 1. The summed E-state index contributed by atoms with van der Waals surface area (Å²) in [4.78, 5) is 16.6. The fourth-order valence-electron chi connectivity index (χ4n) is 2.56. The number of nitrogens with zero attached hydrogens (tertiary/aromatic N) is 1. The summed E-state index contributed by atoms with van der Waals surface area (Å²) in [6, 6.07) is 9.06. The highest BCUT2D eigenvalue weighted by atomic mass is 127. The number of benzene rings is 2. The Morgan fingerprint density at radius 2 is 1.96 bits per heavy atom. The fourth-order valence-corrected chi connectivity index (χ4v) is 3.83. The molecule has 2 aromatic carbocycles.